The highest BCUT2D eigenvalue weighted by Gasteiger charge is 2.38. The Kier molecular flexibility index (Phi) is 7.04. The zero-order valence-electron chi connectivity index (χ0n) is 31.9. The first kappa shape index (κ1) is 32.8. The molecule has 2 unspecified atom stereocenters. The molecule has 0 bridgehead atoms. The van der Waals surface area contributed by atoms with Gasteiger partial charge in [-0.1, -0.05) is 146 Å². The number of hydrogen-bond acceptors (Lipinski definition) is 3. The third-order valence-electron chi connectivity index (χ3n) is 12.6. The lowest BCUT2D eigenvalue weighted by Crippen LogP contribution is -2.11. The second kappa shape index (κ2) is 12.6. The third kappa shape index (κ3) is 4.92. The van der Waals surface area contributed by atoms with Crippen molar-refractivity contribution in [1.82, 2.24) is 0 Å². The molecule has 0 radical (unpaired) electrons. The number of furan rings is 1. The summed E-state index contributed by atoms with van der Waals surface area (Å²) in [6.45, 7) is 0. The Bertz CT molecular complexity index is 3600. The van der Waals surface area contributed by atoms with E-state index in [9.17, 15) is 0 Å². The van der Waals surface area contributed by atoms with Crippen LogP contribution in [0.4, 0.5) is 0 Å². The van der Waals surface area contributed by atoms with Gasteiger partial charge in [-0.05, 0) is 114 Å². The van der Waals surface area contributed by atoms with Crippen molar-refractivity contribution in [2.75, 3.05) is 0 Å². The van der Waals surface area contributed by atoms with Crippen LogP contribution >= 0.6 is 11.3 Å². The molecule has 2 nitrogen and oxygen atoms in total. The Balaban J connectivity index is 0.999. The highest BCUT2D eigenvalue weighted by molar-refractivity contribution is 7.26. The maximum absolute atomic E-state index is 6.86. The first-order valence-electron chi connectivity index (χ1n) is 20.3. The average Bonchev–Trinajstić information content (AvgIpc) is 3.98. The lowest BCUT2D eigenvalue weighted by Gasteiger charge is -2.20. The molecule has 1 aliphatic rings. The van der Waals surface area contributed by atoms with Gasteiger partial charge in [-0.2, -0.15) is 0 Å². The first-order chi connectivity index (χ1) is 29.2. The van der Waals surface area contributed by atoms with Gasteiger partial charge in [0, 0.05) is 36.5 Å². The number of thiophene rings is 1. The molecule has 0 saturated heterocycles. The van der Waals surface area contributed by atoms with Crippen molar-refractivity contribution in [3.8, 4) is 28.0 Å². The monoisotopic (exact) mass is 770 g/mol. The van der Waals surface area contributed by atoms with E-state index in [0.717, 1.165) is 33.3 Å². The van der Waals surface area contributed by atoms with Crippen LogP contribution in [0.25, 0.3) is 96.7 Å². The molecule has 10 aromatic carbocycles. The van der Waals surface area contributed by atoms with Crippen LogP contribution < -0.4 is 4.74 Å². The summed E-state index contributed by atoms with van der Waals surface area (Å²) < 4.78 is 16.0. The van der Waals surface area contributed by atoms with Crippen LogP contribution in [0.1, 0.15) is 28.7 Å². The van der Waals surface area contributed by atoms with Crippen LogP contribution in [0.3, 0.4) is 0 Å². The highest BCUT2D eigenvalue weighted by atomic mass is 32.1. The van der Waals surface area contributed by atoms with Gasteiger partial charge in [0.15, 0.2) is 0 Å². The molecule has 12 aromatic rings. The van der Waals surface area contributed by atoms with Gasteiger partial charge in [0.25, 0.3) is 0 Å². The minimum absolute atomic E-state index is 0.0867. The van der Waals surface area contributed by atoms with Crippen molar-refractivity contribution in [3.05, 3.63) is 211 Å². The van der Waals surface area contributed by atoms with E-state index in [-0.39, 0.29) is 12.0 Å². The van der Waals surface area contributed by atoms with Gasteiger partial charge < -0.3 is 9.15 Å². The van der Waals surface area contributed by atoms with Gasteiger partial charge in [-0.3, -0.25) is 0 Å². The number of hydrogen-bond donors (Lipinski definition) is 0. The molecular weight excluding hydrogens is 737 g/mol. The molecule has 276 valence electrons. The van der Waals surface area contributed by atoms with Gasteiger partial charge in [0.1, 0.15) is 23.0 Å². The third-order valence-corrected chi connectivity index (χ3v) is 13.9. The molecule has 59 heavy (non-hydrogen) atoms. The van der Waals surface area contributed by atoms with Crippen LogP contribution in [0.5, 0.6) is 5.75 Å². The van der Waals surface area contributed by atoms with E-state index >= 15 is 0 Å². The van der Waals surface area contributed by atoms with Crippen molar-refractivity contribution in [3.63, 3.8) is 0 Å². The molecule has 0 aliphatic carbocycles. The first-order valence-corrected chi connectivity index (χ1v) is 21.1. The average molecular weight is 771 g/mol. The van der Waals surface area contributed by atoms with E-state index in [1.807, 2.05) is 11.3 Å². The summed E-state index contributed by atoms with van der Waals surface area (Å²) in [6, 6.07) is 70.7. The summed E-state index contributed by atoms with van der Waals surface area (Å²) in [5.41, 5.74) is 10.4. The Morgan fingerprint density at radius 3 is 1.64 bits per heavy atom. The van der Waals surface area contributed by atoms with Crippen LogP contribution in [0.2, 0.25) is 0 Å². The largest absolute Gasteiger partial charge is 0.484 e. The molecule has 0 fully saturated rings. The molecule has 0 N–H and O–H groups in total. The SMILES string of the molecule is c1ccc(C2Oc3ccc4c(sc5ccc(-c6c7ccccc7c(-c7ccc8c(c7)oc7cc9ccccc9cc78)c7ccccc67)cc54)c3C2c2ccccc2)cc1. The Hall–Kier alpha value is -7.20. The van der Waals surface area contributed by atoms with E-state index in [2.05, 4.69) is 194 Å². The molecule has 3 heterocycles. The van der Waals surface area contributed by atoms with Crippen LogP contribution in [0, 0.1) is 0 Å². The summed E-state index contributed by atoms with van der Waals surface area (Å²) in [7, 11) is 0. The van der Waals surface area contributed by atoms with E-state index in [1.54, 1.807) is 0 Å². The van der Waals surface area contributed by atoms with Gasteiger partial charge in [0.05, 0.1) is 5.92 Å². The zero-order chi connectivity index (χ0) is 38.6. The number of fused-ring (bicyclic) bond motifs is 11. The van der Waals surface area contributed by atoms with Crippen molar-refractivity contribution >= 4 is 85.8 Å². The summed E-state index contributed by atoms with van der Waals surface area (Å²) in [5.74, 6) is 1.07. The molecule has 0 amide bonds. The Labute approximate surface area is 344 Å². The van der Waals surface area contributed by atoms with E-state index in [0.29, 0.717) is 0 Å². The summed E-state index contributed by atoms with van der Waals surface area (Å²) in [6.07, 6.45) is -0.0936. The molecular formula is C56H34O2S. The Morgan fingerprint density at radius 2 is 0.949 bits per heavy atom. The topological polar surface area (TPSA) is 22.4 Å². The van der Waals surface area contributed by atoms with Crippen molar-refractivity contribution in [2.24, 2.45) is 0 Å². The van der Waals surface area contributed by atoms with E-state index in [4.69, 9.17) is 9.15 Å². The minimum atomic E-state index is -0.0936. The minimum Gasteiger partial charge on any atom is -0.484 e. The molecule has 1 aliphatic heterocycles. The van der Waals surface area contributed by atoms with E-state index < -0.39 is 0 Å². The predicted molar refractivity (Wildman–Crippen MR) is 248 cm³/mol. The normalized spacial score (nSPS) is 15.3. The maximum atomic E-state index is 6.86. The second-order valence-electron chi connectivity index (χ2n) is 15.9. The van der Waals surface area contributed by atoms with Crippen molar-refractivity contribution < 1.29 is 9.15 Å². The van der Waals surface area contributed by atoms with Crippen molar-refractivity contribution in [1.29, 1.82) is 0 Å². The molecule has 2 aromatic heterocycles. The number of ether oxygens (including phenoxy) is 1. The summed E-state index contributed by atoms with van der Waals surface area (Å²) in [4.78, 5) is 0. The lowest BCUT2D eigenvalue weighted by atomic mass is 9.84. The molecule has 2 atom stereocenters. The van der Waals surface area contributed by atoms with E-state index in [1.165, 1.54) is 85.9 Å². The second-order valence-corrected chi connectivity index (χ2v) is 16.9. The zero-order valence-corrected chi connectivity index (χ0v) is 32.7. The Morgan fingerprint density at radius 1 is 0.390 bits per heavy atom. The molecule has 3 heteroatoms. The lowest BCUT2D eigenvalue weighted by molar-refractivity contribution is 0.222. The standard InChI is InChI=1S/C56H34O2S/c1-3-13-33(14-4-1)53-54-47(58-55(53)34-15-5-2-6-16-34)27-26-44-46-30-37(24-28-50(46)59-56(44)54)51-40-19-9-11-21-42(40)52(43-22-12-10-20-41(43)51)38-23-25-39-45-29-35-17-7-8-18-36(35)31-49(45)57-48(39)32-38/h1-32,53,55H. The summed E-state index contributed by atoms with van der Waals surface area (Å²) in [5, 5.41) is 12.2. The van der Waals surface area contributed by atoms with Crippen LogP contribution in [-0.2, 0) is 0 Å². The fraction of sp³-hybridized carbons (Fsp3) is 0.0357. The predicted octanol–water partition coefficient (Wildman–Crippen LogP) is 16.0. The van der Waals surface area contributed by atoms with Crippen molar-refractivity contribution in [2.45, 2.75) is 12.0 Å². The van der Waals surface area contributed by atoms with Gasteiger partial charge in [-0.15, -0.1) is 11.3 Å². The number of rotatable bonds is 4. The highest BCUT2D eigenvalue weighted by Crippen LogP contribution is 2.55. The van der Waals surface area contributed by atoms with Gasteiger partial charge in [-0.25, -0.2) is 0 Å². The fourth-order valence-corrected chi connectivity index (χ4v) is 11.3. The molecule has 0 saturated carbocycles. The maximum Gasteiger partial charge on any atom is 0.136 e. The van der Waals surface area contributed by atoms with Gasteiger partial charge >= 0.3 is 0 Å². The van der Waals surface area contributed by atoms with Gasteiger partial charge in [0.2, 0.25) is 0 Å². The smallest absolute Gasteiger partial charge is 0.136 e. The molecule has 13 rings (SSSR count). The quantitative estimate of drug-likeness (QED) is 0.166. The van der Waals surface area contributed by atoms with Crippen LogP contribution in [0.15, 0.2) is 199 Å². The number of benzene rings is 10. The fourth-order valence-electron chi connectivity index (χ4n) is 10.0. The summed E-state index contributed by atoms with van der Waals surface area (Å²) >= 11 is 1.89. The van der Waals surface area contributed by atoms with Crippen LogP contribution in [-0.4, -0.2) is 0 Å². The molecule has 0 spiro atoms.